The minimum Gasteiger partial charge on any atom is -0.491 e. The Labute approximate surface area is 140 Å². The van der Waals surface area contributed by atoms with Crippen LogP contribution >= 0.6 is 30.3 Å². The molecule has 4 nitrogen and oxygen atoms in total. The van der Waals surface area contributed by atoms with Crippen LogP contribution in [-0.4, -0.2) is 29.1 Å². The van der Waals surface area contributed by atoms with Crippen molar-refractivity contribution in [3.8, 4) is 0 Å². The van der Waals surface area contributed by atoms with Gasteiger partial charge in [-0.2, -0.15) is 0 Å². The highest BCUT2D eigenvalue weighted by atomic mass is 127. The van der Waals surface area contributed by atoms with E-state index in [2.05, 4.69) is 46.1 Å². The molecule has 0 radical (unpaired) electrons. The summed E-state index contributed by atoms with van der Waals surface area (Å²) in [6.45, 7) is 3.09. The topological polar surface area (TPSA) is 61.7 Å². The third-order valence-electron chi connectivity index (χ3n) is 3.40. The fourth-order valence-corrected chi connectivity index (χ4v) is 4.34. The first kappa shape index (κ1) is 17.2. The van der Waals surface area contributed by atoms with Crippen LogP contribution in [0.1, 0.15) is 31.4 Å². The third kappa shape index (κ3) is 5.49. The summed E-state index contributed by atoms with van der Waals surface area (Å²) in [7, 11) is -2.96. The van der Waals surface area contributed by atoms with Crippen molar-refractivity contribution < 1.29 is 14.5 Å². The van der Waals surface area contributed by atoms with Crippen molar-refractivity contribution in [1.29, 1.82) is 0 Å². The smallest absolute Gasteiger partial charge is 0.296 e. The Morgan fingerprint density at radius 2 is 2.29 bits per heavy atom. The molecule has 6 heteroatoms. The van der Waals surface area contributed by atoms with Crippen LogP contribution in [0.15, 0.2) is 35.8 Å². The SMILES string of the molecule is CCCC[P+](O)(O)C=C1CN[C@@H](c2cccc(I)c2)CO1. The van der Waals surface area contributed by atoms with Gasteiger partial charge in [0, 0.05) is 3.57 Å². The van der Waals surface area contributed by atoms with Gasteiger partial charge in [0.15, 0.2) is 5.82 Å². The average Bonchev–Trinajstić information content (AvgIpc) is 2.46. The number of unbranched alkanes of at least 4 members (excludes halogenated alkanes) is 1. The molecule has 1 aliphatic heterocycles. The Kier molecular flexibility index (Phi) is 6.44. The molecule has 0 aromatic heterocycles. The van der Waals surface area contributed by atoms with Crippen molar-refractivity contribution in [1.82, 2.24) is 5.32 Å². The van der Waals surface area contributed by atoms with E-state index < -0.39 is 7.72 Å². The molecule has 21 heavy (non-hydrogen) atoms. The van der Waals surface area contributed by atoms with E-state index in [0.29, 0.717) is 25.1 Å². The van der Waals surface area contributed by atoms with Crippen LogP contribution in [0.3, 0.4) is 0 Å². The fraction of sp³-hybridized carbons (Fsp3) is 0.467. The standard InChI is InChI=1S/C15H22INO3P/c1-2-3-7-21(18,19)11-14-9-17-15(10-20-14)12-5-4-6-13(16)8-12/h4-6,8,11,15,17-19H,2-3,7,9-10H2,1H3/q+1/t15-/m1/s1. The highest BCUT2D eigenvalue weighted by molar-refractivity contribution is 14.1. The zero-order chi connectivity index (χ0) is 15.3. The van der Waals surface area contributed by atoms with Gasteiger partial charge in [-0.25, -0.2) is 9.79 Å². The van der Waals surface area contributed by atoms with Gasteiger partial charge in [0.05, 0.1) is 12.6 Å². The van der Waals surface area contributed by atoms with E-state index in [1.165, 1.54) is 15.0 Å². The second-order valence-electron chi connectivity index (χ2n) is 5.26. The van der Waals surface area contributed by atoms with Gasteiger partial charge in [0.2, 0.25) is 0 Å². The average molecular weight is 422 g/mol. The summed E-state index contributed by atoms with van der Waals surface area (Å²) in [5.41, 5.74) is 1.20. The molecule has 0 unspecified atom stereocenters. The summed E-state index contributed by atoms with van der Waals surface area (Å²) < 4.78 is 6.90. The zero-order valence-corrected chi connectivity index (χ0v) is 15.2. The minimum absolute atomic E-state index is 0.151. The number of ether oxygens (including phenoxy) is 1. The summed E-state index contributed by atoms with van der Waals surface area (Å²) in [6.07, 6.45) is 2.22. The monoisotopic (exact) mass is 422 g/mol. The Morgan fingerprint density at radius 1 is 1.48 bits per heavy atom. The molecule has 1 atom stereocenters. The van der Waals surface area contributed by atoms with Gasteiger partial charge in [0.25, 0.3) is 7.72 Å². The molecule has 0 aliphatic carbocycles. The fourth-order valence-electron chi connectivity index (χ4n) is 2.23. The minimum atomic E-state index is -2.96. The number of nitrogens with one attached hydrogen (secondary N) is 1. The number of hydrogen-bond donors (Lipinski definition) is 3. The first-order valence-electron chi connectivity index (χ1n) is 7.17. The largest absolute Gasteiger partial charge is 0.491 e. The molecule has 1 aliphatic rings. The van der Waals surface area contributed by atoms with Crippen molar-refractivity contribution in [3.05, 3.63) is 45.0 Å². The highest BCUT2D eigenvalue weighted by Gasteiger charge is 2.32. The molecular formula is C15H22INO3P+. The second kappa shape index (κ2) is 7.88. The number of rotatable bonds is 5. The van der Waals surface area contributed by atoms with Gasteiger partial charge in [-0.1, -0.05) is 25.5 Å². The van der Waals surface area contributed by atoms with Crippen molar-refractivity contribution in [3.63, 3.8) is 0 Å². The molecule has 1 aromatic rings. The van der Waals surface area contributed by atoms with Crippen LogP contribution in [0.25, 0.3) is 0 Å². The van der Waals surface area contributed by atoms with E-state index >= 15 is 0 Å². The molecule has 1 saturated heterocycles. The van der Waals surface area contributed by atoms with Gasteiger partial charge in [-0.15, -0.1) is 0 Å². The maximum atomic E-state index is 10.00. The molecule has 3 N–H and O–H groups in total. The first-order valence-corrected chi connectivity index (χ1v) is 10.2. The van der Waals surface area contributed by atoms with Gasteiger partial charge < -0.3 is 4.74 Å². The maximum Gasteiger partial charge on any atom is 0.296 e. The van der Waals surface area contributed by atoms with Gasteiger partial charge in [0.1, 0.15) is 18.5 Å². The molecule has 1 fully saturated rings. The molecule has 0 amide bonds. The van der Waals surface area contributed by atoms with Crippen LogP contribution < -0.4 is 5.32 Å². The van der Waals surface area contributed by atoms with E-state index in [1.807, 2.05) is 13.0 Å². The number of halogens is 1. The summed E-state index contributed by atoms with van der Waals surface area (Å²) >= 11 is 2.29. The van der Waals surface area contributed by atoms with Gasteiger partial charge in [-0.05, 0) is 46.7 Å². The van der Waals surface area contributed by atoms with E-state index in [4.69, 9.17) is 4.74 Å². The molecule has 1 heterocycles. The van der Waals surface area contributed by atoms with Crippen molar-refractivity contribution in [2.75, 3.05) is 19.3 Å². The second-order valence-corrected chi connectivity index (χ2v) is 8.78. The summed E-state index contributed by atoms with van der Waals surface area (Å²) in [5, 5.41) is 3.39. The third-order valence-corrected chi connectivity index (χ3v) is 5.75. The van der Waals surface area contributed by atoms with E-state index in [-0.39, 0.29) is 6.04 Å². The number of hydrogen-bond acceptors (Lipinski definition) is 4. The molecule has 0 bridgehead atoms. The maximum absolute atomic E-state index is 10.00. The molecule has 1 aromatic carbocycles. The van der Waals surface area contributed by atoms with E-state index in [1.54, 1.807) is 0 Å². The molecule has 2 rings (SSSR count). The lowest BCUT2D eigenvalue weighted by Crippen LogP contribution is -2.33. The van der Waals surface area contributed by atoms with Crippen molar-refractivity contribution in [2.45, 2.75) is 25.8 Å². The Hall–Kier alpha value is -0.200. The molecular weight excluding hydrogens is 400 g/mol. The summed E-state index contributed by atoms with van der Waals surface area (Å²) in [6, 6.07) is 8.45. The quantitative estimate of drug-likeness (QED) is 0.503. The van der Waals surface area contributed by atoms with Crippen LogP contribution in [0.4, 0.5) is 0 Å². The first-order chi connectivity index (χ1) is 10.00. The number of benzene rings is 1. The van der Waals surface area contributed by atoms with Crippen molar-refractivity contribution >= 4 is 30.3 Å². The zero-order valence-electron chi connectivity index (χ0n) is 12.1. The van der Waals surface area contributed by atoms with Crippen LogP contribution in [0, 0.1) is 3.57 Å². The molecule has 116 valence electrons. The normalized spacial score (nSPS) is 21.3. The predicted octanol–water partition coefficient (Wildman–Crippen LogP) is 3.43. The van der Waals surface area contributed by atoms with Crippen LogP contribution in [0.2, 0.25) is 0 Å². The summed E-state index contributed by atoms with van der Waals surface area (Å²) in [5.74, 6) is 2.17. The lowest BCUT2D eigenvalue weighted by atomic mass is 10.1. The van der Waals surface area contributed by atoms with E-state index in [0.717, 1.165) is 12.8 Å². The Balaban J connectivity index is 1.94. The molecule has 0 saturated carbocycles. The van der Waals surface area contributed by atoms with E-state index in [9.17, 15) is 9.79 Å². The van der Waals surface area contributed by atoms with Gasteiger partial charge >= 0.3 is 0 Å². The lowest BCUT2D eigenvalue weighted by molar-refractivity contribution is 0.139. The van der Waals surface area contributed by atoms with Gasteiger partial charge in [-0.3, -0.25) is 5.32 Å². The highest BCUT2D eigenvalue weighted by Crippen LogP contribution is 2.53. The van der Waals surface area contributed by atoms with Crippen LogP contribution in [-0.2, 0) is 4.74 Å². The van der Waals surface area contributed by atoms with Crippen LogP contribution in [0.5, 0.6) is 0 Å². The Bertz CT molecular complexity index is 497. The predicted molar refractivity (Wildman–Crippen MR) is 95.1 cm³/mol. The molecule has 0 spiro atoms. The Morgan fingerprint density at radius 3 is 2.90 bits per heavy atom. The lowest BCUT2D eigenvalue weighted by Gasteiger charge is -2.26. The van der Waals surface area contributed by atoms with Crippen molar-refractivity contribution in [2.24, 2.45) is 0 Å². The summed E-state index contributed by atoms with van der Waals surface area (Å²) in [4.78, 5) is 20.0. The number of morpholine rings is 1.